The molecule has 4 aromatic rings. The molecule has 1 aliphatic heterocycles. The number of cyclic esters (lactones) is 1. The lowest BCUT2D eigenvalue weighted by molar-refractivity contribution is -0.129. The van der Waals surface area contributed by atoms with Gasteiger partial charge in [-0.05, 0) is 52.7 Å². The quantitative estimate of drug-likeness (QED) is 0.239. The Hall–Kier alpha value is -3.70. The molecule has 156 valence electrons. The van der Waals surface area contributed by atoms with E-state index in [9.17, 15) is 4.79 Å². The molecule has 0 bridgehead atoms. The molecule has 5 heteroatoms. The summed E-state index contributed by atoms with van der Waals surface area (Å²) >= 11 is 3.53. The molecule has 0 radical (unpaired) electrons. The number of fused-ring (bicyclic) bond motifs is 1. The molecule has 1 heterocycles. The molecule has 0 fully saturated rings. The topological polar surface area (TPSA) is 47.9 Å². The molecule has 0 aliphatic carbocycles. The SMILES string of the molecule is O=C1OC(c2ccc3ccccc3c2)=N/C1=C\c1ccc(OCc2ccccc2Br)cc1. The van der Waals surface area contributed by atoms with E-state index >= 15 is 0 Å². The van der Waals surface area contributed by atoms with Gasteiger partial charge in [0.25, 0.3) is 0 Å². The van der Waals surface area contributed by atoms with Crippen molar-refractivity contribution in [2.75, 3.05) is 0 Å². The number of ether oxygens (including phenoxy) is 2. The lowest BCUT2D eigenvalue weighted by Gasteiger charge is -2.08. The molecule has 5 rings (SSSR count). The minimum atomic E-state index is -0.456. The van der Waals surface area contributed by atoms with Gasteiger partial charge in [0, 0.05) is 15.6 Å². The molecule has 0 atom stereocenters. The van der Waals surface area contributed by atoms with Crippen molar-refractivity contribution < 1.29 is 14.3 Å². The summed E-state index contributed by atoms with van der Waals surface area (Å²) in [6, 6.07) is 29.4. The van der Waals surface area contributed by atoms with Gasteiger partial charge < -0.3 is 9.47 Å². The van der Waals surface area contributed by atoms with Gasteiger partial charge in [0.05, 0.1) is 0 Å². The fraction of sp³-hybridized carbons (Fsp3) is 0.0370. The Labute approximate surface area is 194 Å². The number of hydrogen-bond acceptors (Lipinski definition) is 4. The molecule has 4 nitrogen and oxygen atoms in total. The Morgan fingerprint density at radius 2 is 1.62 bits per heavy atom. The maximum Gasteiger partial charge on any atom is 0.363 e. The number of carbonyl (C=O) groups is 1. The average molecular weight is 484 g/mol. The monoisotopic (exact) mass is 483 g/mol. The summed E-state index contributed by atoms with van der Waals surface area (Å²) in [6.45, 7) is 0.466. The molecule has 32 heavy (non-hydrogen) atoms. The minimum absolute atomic E-state index is 0.273. The Balaban J connectivity index is 1.32. The van der Waals surface area contributed by atoms with Crippen LogP contribution < -0.4 is 4.74 Å². The predicted octanol–water partition coefficient (Wildman–Crippen LogP) is 6.53. The summed E-state index contributed by atoms with van der Waals surface area (Å²) in [5.74, 6) is 0.611. The molecule has 0 spiro atoms. The highest BCUT2D eigenvalue weighted by molar-refractivity contribution is 9.10. The highest BCUT2D eigenvalue weighted by Gasteiger charge is 2.24. The van der Waals surface area contributed by atoms with Gasteiger partial charge in [-0.1, -0.05) is 76.6 Å². The second-order valence-corrected chi connectivity index (χ2v) is 8.20. The van der Waals surface area contributed by atoms with E-state index in [4.69, 9.17) is 9.47 Å². The third kappa shape index (κ3) is 4.34. The fourth-order valence-corrected chi connectivity index (χ4v) is 3.85. The standard InChI is InChI=1S/C27H18BrNO3/c28-24-8-4-3-7-22(24)17-31-23-13-9-18(10-14-23)15-25-27(30)32-26(29-25)21-12-11-19-5-1-2-6-20(19)16-21/h1-16H,17H2/b25-15-. The number of halogens is 1. The van der Waals surface area contributed by atoms with Crippen LogP contribution in [0.1, 0.15) is 16.7 Å². The van der Waals surface area contributed by atoms with E-state index < -0.39 is 5.97 Å². The molecule has 4 aromatic carbocycles. The van der Waals surface area contributed by atoms with Crippen LogP contribution in [0, 0.1) is 0 Å². The van der Waals surface area contributed by atoms with Crippen molar-refractivity contribution in [1.82, 2.24) is 0 Å². The van der Waals surface area contributed by atoms with Crippen LogP contribution in [0.4, 0.5) is 0 Å². The van der Waals surface area contributed by atoms with Crippen LogP contribution >= 0.6 is 15.9 Å². The van der Waals surface area contributed by atoms with E-state index in [0.717, 1.165) is 37.7 Å². The maximum absolute atomic E-state index is 12.3. The largest absolute Gasteiger partial charge is 0.489 e. The number of aliphatic imine (C=N–C) groups is 1. The van der Waals surface area contributed by atoms with Gasteiger partial charge in [-0.2, -0.15) is 0 Å². The Morgan fingerprint density at radius 1 is 0.875 bits per heavy atom. The Bertz CT molecular complexity index is 1370. The first-order chi connectivity index (χ1) is 15.7. The number of esters is 1. The predicted molar refractivity (Wildman–Crippen MR) is 129 cm³/mol. The molecule has 0 aromatic heterocycles. The third-order valence-corrected chi connectivity index (χ3v) is 5.93. The first kappa shape index (κ1) is 20.2. The molecule has 0 unspecified atom stereocenters. The van der Waals surface area contributed by atoms with Crippen LogP contribution in [0.25, 0.3) is 16.8 Å². The molecular formula is C27H18BrNO3. The summed E-state index contributed by atoms with van der Waals surface area (Å²) in [6.07, 6.45) is 1.72. The normalized spacial score (nSPS) is 14.5. The van der Waals surface area contributed by atoms with Crippen LogP contribution in [0.3, 0.4) is 0 Å². The van der Waals surface area contributed by atoms with Gasteiger partial charge in [0.1, 0.15) is 12.4 Å². The summed E-state index contributed by atoms with van der Waals surface area (Å²) in [5, 5.41) is 2.19. The summed E-state index contributed by atoms with van der Waals surface area (Å²) in [5.41, 5.74) is 2.96. The van der Waals surface area contributed by atoms with Crippen LogP contribution in [-0.4, -0.2) is 11.9 Å². The van der Waals surface area contributed by atoms with Gasteiger partial charge in [-0.15, -0.1) is 0 Å². The third-order valence-electron chi connectivity index (χ3n) is 5.15. The van der Waals surface area contributed by atoms with Crippen molar-refractivity contribution in [3.05, 3.63) is 118 Å². The van der Waals surface area contributed by atoms with Crippen molar-refractivity contribution in [1.29, 1.82) is 0 Å². The zero-order chi connectivity index (χ0) is 21.9. The molecule has 0 amide bonds. The number of carbonyl (C=O) groups excluding carboxylic acids is 1. The Kier molecular flexibility index (Phi) is 5.57. The van der Waals surface area contributed by atoms with E-state index in [0.29, 0.717) is 12.5 Å². The second-order valence-electron chi connectivity index (χ2n) is 7.35. The van der Waals surface area contributed by atoms with Gasteiger partial charge >= 0.3 is 5.97 Å². The van der Waals surface area contributed by atoms with Crippen molar-refractivity contribution in [2.24, 2.45) is 4.99 Å². The van der Waals surface area contributed by atoms with Crippen LogP contribution in [0.15, 0.2) is 106 Å². The van der Waals surface area contributed by atoms with Gasteiger partial charge in [-0.3, -0.25) is 0 Å². The molecule has 0 N–H and O–H groups in total. The van der Waals surface area contributed by atoms with E-state index in [1.54, 1.807) is 6.08 Å². The fourth-order valence-electron chi connectivity index (χ4n) is 3.45. The van der Waals surface area contributed by atoms with Crippen LogP contribution in [-0.2, 0) is 16.1 Å². The van der Waals surface area contributed by atoms with Crippen molar-refractivity contribution in [3.8, 4) is 5.75 Å². The zero-order valence-electron chi connectivity index (χ0n) is 17.0. The number of benzene rings is 4. The van der Waals surface area contributed by atoms with Gasteiger partial charge in [0.15, 0.2) is 5.70 Å². The van der Waals surface area contributed by atoms with Crippen molar-refractivity contribution in [2.45, 2.75) is 6.61 Å². The average Bonchev–Trinajstić information content (AvgIpc) is 3.19. The molecular weight excluding hydrogens is 466 g/mol. The van der Waals surface area contributed by atoms with Crippen molar-refractivity contribution in [3.63, 3.8) is 0 Å². The van der Waals surface area contributed by atoms with Crippen LogP contribution in [0.2, 0.25) is 0 Å². The van der Waals surface area contributed by atoms with Crippen molar-refractivity contribution >= 4 is 44.6 Å². The zero-order valence-corrected chi connectivity index (χ0v) is 18.6. The first-order valence-electron chi connectivity index (χ1n) is 10.1. The maximum atomic E-state index is 12.3. The minimum Gasteiger partial charge on any atom is -0.489 e. The molecule has 0 saturated heterocycles. The second kappa shape index (κ2) is 8.81. The van der Waals surface area contributed by atoms with Gasteiger partial charge in [-0.25, -0.2) is 9.79 Å². The summed E-state index contributed by atoms with van der Waals surface area (Å²) < 4.78 is 12.3. The smallest absolute Gasteiger partial charge is 0.363 e. The molecule has 0 saturated carbocycles. The van der Waals surface area contributed by atoms with Crippen LogP contribution in [0.5, 0.6) is 5.75 Å². The first-order valence-corrected chi connectivity index (χ1v) is 10.9. The van der Waals surface area contributed by atoms with E-state index in [1.165, 1.54) is 0 Å². The summed E-state index contributed by atoms with van der Waals surface area (Å²) in [7, 11) is 0. The summed E-state index contributed by atoms with van der Waals surface area (Å²) in [4.78, 5) is 16.8. The lowest BCUT2D eigenvalue weighted by atomic mass is 10.1. The van der Waals surface area contributed by atoms with E-state index in [-0.39, 0.29) is 5.70 Å². The highest BCUT2D eigenvalue weighted by Crippen LogP contribution is 2.24. The Morgan fingerprint density at radius 3 is 2.44 bits per heavy atom. The van der Waals surface area contributed by atoms with E-state index in [1.807, 2.05) is 91.0 Å². The number of nitrogens with zero attached hydrogens (tertiary/aromatic N) is 1. The number of rotatable bonds is 5. The number of hydrogen-bond donors (Lipinski definition) is 0. The molecule has 1 aliphatic rings. The highest BCUT2D eigenvalue weighted by atomic mass is 79.9. The van der Waals surface area contributed by atoms with E-state index in [2.05, 4.69) is 20.9 Å². The van der Waals surface area contributed by atoms with Gasteiger partial charge in [0.2, 0.25) is 5.90 Å². The lowest BCUT2D eigenvalue weighted by Crippen LogP contribution is -2.05.